The van der Waals surface area contributed by atoms with Gasteiger partial charge < -0.3 is 10.2 Å². The third-order valence-electron chi connectivity index (χ3n) is 3.81. The first-order chi connectivity index (χ1) is 11.1. The van der Waals surface area contributed by atoms with Crippen LogP contribution in [0.2, 0.25) is 5.28 Å². The van der Waals surface area contributed by atoms with Crippen molar-refractivity contribution < 1.29 is 10.2 Å². The Morgan fingerprint density at radius 1 is 0.783 bits per heavy atom. The average Bonchev–Trinajstić information content (AvgIpc) is 2.55. The number of para-hydroxylation sites is 1. The summed E-state index contributed by atoms with van der Waals surface area (Å²) in [5.74, 6) is 0.194. The fourth-order valence-corrected chi connectivity index (χ4v) is 2.96. The number of hydrogen-bond donors (Lipinski definition) is 2. The molecule has 5 heteroatoms. The van der Waals surface area contributed by atoms with Crippen molar-refractivity contribution in [1.82, 2.24) is 9.97 Å². The van der Waals surface area contributed by atoms with Crippen molar-refractivity contribution in [3.8, 4) is 22.8 Å². The summed E-state index contributed by atoms with van der Waals surface area (Å²) in [6, 6.07) is 15.8. The van der Waals surface area contributed by atoms with Gasteiger partial charge in [0.1, 0.15) is 11.5 Å². The van der Waals surface area contributed by atoms with Crippen LogP contribution in [0, 0.1) is 0 Å². The van der Waals surface area contributed by atoms with Gasteiger partial charge in [0.2, 0.25) is 5.28 Å². The zero-order chi connectivity index (χ0) is 16.0. The first-order valence-electron chi connectivity index (χ1n) is 7.01. The number of benzene rings is 3. The van der Waals surface area contributed by atoms with E-state index in [2.05, 4.69) is 9.97 Å². The number of hydrogen-bond acceptors (Lipinski definition) is 4. The molecule has 0 atom stereocenters. The van der Waals surface area contributed by atoms with Crippen molar-refractivity contribution >= 4 is 33.3 Å². The van der Waals surface area contributed by atoms with Gasteiger partial charge in [0.25, 0.3) is 0 Å². The Morgan fingerprint density at radius 2 is 1.61 bits per heavy atom. The van der Waals surface area contributed by atoms with E-state index in [0.29, 0.717) is 11.1 Å². The molecule has 1 aromatic heterocycles. The second-order valence-electron chi connectivity index (χ2n) is 5.22. The highest BCUT2D eigenvalue weighted by Gasteiger charge is 2.13. The van der Waals surface area contributed by atoms with Gasteiger partial charge in [0, 0.05) is 16.3 Å². The third kappa shape index (κ3) is 2.24. The van der Waals surface area contributed by atoms with E-state index in [1.165, 1.54) is 6.07 Å². The molecule has 0 bridgehead atoms. The van der Waals surface area contributed by atoms with Crippen LogP contribution in [0.25, 0.3) is 32.9 Å². The maximum atomic E-state index is 10.1. The van der Waals surface area contributed by atoms with E-state index in [-0.39, 0.29) is 16.8 Å². The number of phenolic OH excluding ortho intramolecular Hbond substituents is 2. The van der Waals surface area contributed by atoms with Crippen LogP contribution in [-0.2, 0) is 0 Å². The van der Waals surface area contributed by atoms with Crippen molar-refractivity contribution in [1.29, 1.82) is 0 Å². The minimum absolute atomic E-state index is 0.0931. The van der Waals surface area contributed by atoms with Crippen LogP contribution >= 0.6 is 11.6 Å². The SMILES string of the molecule is Oc1ccc2c(-c3nc(Cl)nc4ccccc34)ccc(O)c2c1. The molecule has 0 radical (unpaired) electrons. The Bertz CT molecular complexity index is 1060. The van der Waals surface area contributed by atoms with Crippen LogP contribution in [-0.4, -0.2) is 20.2 Å². The average molecular weight is 323 g/mol. The molecule has 0 aliphatic carbocycles. The highest BCUT2D eigenvalue weighted by molar-refractivity contribution is 6.29. The minimum Gasteiger partial charge on any atom is -0.508 e. The zero-order valence-electron chi connectivity index (χ0n) is 11.9. The number of fused-ring (bicyclic) bond motifs is 2. The molecule has 4 rings (SSSR count). The standard InChI is InChI=1S/C18H11ClN2O2/c19-18-20-15-4-2-1-3-13(15)17(21-18)12-7-8-16(23)14-9-10(22)5-6-11(12)14/h1-9,22-23H. The summed E-state index contributed by atoms with van der Waals surface area (Å²) in [6.07, 6.45) is 0. The topological polar surface area (TPSA) is 66.2 Å². The molecule has 3 aromatic carbocycles. The van der Waals surface area contributed by atoms with Crippen molar-refractivity contribution in [2.45, 2.75) is 0 Å². The van der Waals surface area contributed by atoms with Gasteiger partial charge >= 0.3 is 0 Å². The van der Waals surface area contributed by atoms with E-state index in [4.69, 9.17) is 11.6 Å². The molecule has 2 N–H and O–H groups in total. The molecule has 0 fully saturated rings. The number of aromatic hydroxyl groups is 2. The summed E-state index contributed by atoms with van der Waals surface area (Å²) in [5, 5.41) is 22.1. The molecule has 0 saturated heterocycles. The lowest BCUT2D eigenvalue weighted by atomic mass is 9.98. The molecule has 4 nitrogen and oxygen atoms in total. The van der Waals surface area contributed by atoms with Crippen LogP contribution in [0.15, 0.2) is 54.6 Å². The molecule has 0 amide bonds. The molecule has 0 unspecified atom stereocenters. The second kappa shape index (κ2) is 5.11. The number of aromatic nitrogens is 2. The summed E-state index contributed by atoms with van der Waals surface area (Å²) < 4.78 is 0. The molecule has 0 spiro atoms. The summed E-state index contributed by atoms with van der Waals surface area (Å²) in [7, 11) is 0. The highest BCUT2D eigenvalue weighted by atomic mass is 35.5. The summed E-state index contributed by atoms with van der Waals surface area (Å²) in [6.45, 7) is 0. The van der Waals surface area contributed by atoms with Crippen LogP contribution in [0.4, 0.5) is 0 Å². The lowest BCUT2D eigenvalue weighted by molar-refractivity contribution is 0.471. The second-order valence-corrected chi connectivity index (χ2v) is 5.56. The largest absolute Gasteiger partial charge is 0.508 e. The minimum atomic E-state index is 0.0931. The molecule has 23 heavy (non-hydrogen) atoms. The zero-order valence-corrected chi connectivity index (χ0v) is 12.6. The Kier molecular flexibility index (Phi) is 3.06. The van der Waals surface area contributed by atoms with Gasteiger partial charge in [-0.2, -0.15) is 0 Å². The van der Waals surface area contributed by atoms with E-state index < -0.39 is 0 Å². The van der Waals surface area contributed by atoms with Gasteiger partial charge in [-0.25, -0.2) is 9.97 Å². The molecule has 0 aliphatic rings. The summed E-state index contributed by atoms with van der Waals surface area (Å²) in [5.41, 5.74) is 2.26. The van der Waals surface area contributed by atoms with Gasteiger partial charge in [-0.1, -0.05) is 18.2 Å². The van der Waals surface area contributed by atoms with Crippen molar-refractivity contribution in [2.75, 3.05) is 0 Å². The maximum absolute atomic E-state index is 10.1. The van der Waals surface area contributed by atoms with Crippen LogP contribution in [0.5, 0.6) is 11.5 Å². The molecule has 4 aromatic rings. The van der Waals surface area contributed by atoms with Gasteiger partial charge in [0.15, 0.2) is 0 Å². The summed E-state index contributed by atoms with van der Waals surface area (Å²) in [4.78, 5) is 8.62. The monoisotopic (exact) mass is 322 g/mol. The molecule has 0 aliphatic heterocycles. The third-order valence-corrected chi connectivity index (χ3v) is 3.98. The van der Waals surface area contributed by atoms with E-state index >= 15 is 0 Å². The van der Waals surface area contributed by atoms with E-state index in [1.54, 1.807) is 24.3 Å². The smallest absolute Gasteiger partial charge is 0.223 e. The van der Waals surface area contributed by atoms with Crippen LogP contribution in [0.3, 0.4) is 0 Å². The molecular formula is C18H11ClN2O2. The van der Waals surface area contributed by atoms with Crippen molar-refractivity contribution in [2.24, 2.45) is 0 Å². The highest BCUT2D eigenvalue weighted by Crippen LogP contribution is 2.37. The predicted octanol–water partition coefficient (Wildman–Crippen LogP) is 4.51. The summed E-state index contributed by atoms with van der Waals surface area (Å²) >= 11 is 6.07. The molecule has 0 saturated carbocycles. The van der Waals surface area contributed by atoms with Crippen molar-refractivity contribution in [3.05, 3.63) is 59.9 Å². The Morgan fingerprint density at radius 3 is 2.48 bits per heavy atom. The quantitative estimate of drug-likeness (QED) is 0.506. The lowest BCUT2D eigenvalue weighted by Gasteiger charge is -2.11. The number of nitrogens with zero attached hydrogens (tertiary/aromatic N) is 2. The van der Waals surface area contributed by atoms with E-state index in [1.807, 2.05) is 24.3 Å². The molecule has 112 valence electrons. The number of halogens is 1. The van der Waals surface area contributed by atoms with E-state index in [0.717, 1.165) is 21.9 Å². The van der Waals surface area contributed by atoms with Crippen LogP contribution < -0.4 is 0 Å². The fourth-order valence-electron chi connectivity index (χ4n) is 2.78. The predicted molar refractivity (Wildman–Crippen MR) is 90.8 cm³/mol. The van der Waals surface area contributed by atoms with Gasteiger partial charge in [-0.3, -0.25) is 0 Å². The Labute approximate surface area is 136 Å². The van der Waals surface area contributed by atoms with E-state index in [9.17, 15) is 10.2 Å². The molecule has 1 heterocycles. The fraction of sp³-hybridized carbons (Fsp3) is 0. The Balaban J connectivity index is 2.13. The first-order valence-corrected chi connectivity index (χ1v) is 7.38. The Hall–Kier alpha value is -2.85. The van der Waals surface area contributed by atoms with Crippen molar-refractivity contribution in [3.63, 3.8) is 0 Å². The maximum Gasteiger partial charge on any atom is 0.223 e. The normalized spacial score (nSPS) is 11.2. The van der Waals surface area contributed by atoms with Gasteiger partial charge in [-0.15, -0.1) is 0 Å². The first kappa shape index (κ1) is 13.8. The van der Waals surface area contributed by atoms with Gasteiger partial charge in [-0.05, 0) is 53.4 Å². The number of phenols is 2. The number of rotatable bonds is 1. The molecular weight excluding hydrogens is 312 g/mol. The van der Waals surface area contributed by atoms with Crippen LogP contribution in [0.1, 0.15) is 0 Å². The lowest BCUT2D eigenvalue weighted by Crippen LogP contribution is -1.92. The van der Waals surface area contributed by atoms with Gasteiger partial charge in [0.05, 0.1) is 11.2 Å².